The minimum absolute atomic E-state index is 0.00773. The molecule has 0 atom stereocenters. The first kappa shape index (κ1) is 14.7. The number of amides is 1. The molecule has 2 heterocycles. The topological polar surface area (TPSA) is 83.5 Å². The lowest BCUT2D eigenvalue weighted by molar-refractivity contribution is -0.129. The van der Waals surface area contributed by atoms with Crippen LogP contribution in [-0.2, 0) is 14.8 Å². The average Bonchev–Trinajstić information content (AvgIpc) is 2.88. The zero-order valence-corrected chi connectivity index (χ0v) is 12.8. The molecule has 106 valence electrons. The fraction of sp³-hybridized carbons (Fsp3) is 0.667. The van der Waals surface area contributed by atoms with Crippen LogP contribution in [0.2, 0.25) is 0 Å². The Morgan fingerprint density at radius 3 is 2.63 bits per heavy atom. The first-order chi connectivity index (χ1) is 8.97. The van der Waals surface area contributed by atoms with E-state index in [-0.39, 0.29) is 5.91 Å². The Bertz CT molecular complexity index is 523. The summed E-state index contributed by atoms with van der Waals surface area (Å²) in [4.78, 5) is 13.6. The number of sulfonamides is 1. The van der Waals surface area contributed by atoms with Crippen molar-refractivity contribution >= 4 is 39.0 Å². The van der Waals surface area contributed by atoms with Crippen LogP contribution in [0.3, 0.4) is 0 Å². The number of piperazine rings is 1. The minimum Gasteiger partial charge on any atom is -0.339 e. The molecule has 1 amide bonds. The van der Waals surface area contributed by atoms with Crippen molar-refractivity contribution in [1.29, 1.82) is 0 Å². The monoisotopic (exact) mass is 322 g/mol. The van der Waals surface area contributed by atoms with Gasteiger partial charge in [-0.05, 0) is 0 Å². The highest BCUT2D eigenvalue weighted by Gasteiger charge is 2.25. The van der Waals surface area contributed by atoms with E-state index in [2.05, 4.69) is 10.2 Å². The number of thioether (sulfide) groups is 1. The standard InChI is InChI=1S/C9H14N4O3S3/c1-19(15,16)13-4-2-12(3-5-13)8(14)6-17-9-11-10-7-18-9/h7H,2-6H2,1H3. The molecule has 10 heteroatoms. The quantitative estimate of drug-likeness (QED) is 0.710. The van der Waals surface area contributed by atoms with Crippen molar-refractivity contribution in [2.24, 2.45) is 0 Å². The van der Waals surface area contributed by atoms with Crippen LogP contribution in [0.15, 0.2) is 9.85 Å². The van der Waals surface area contributed by atoms with Gasteiger partial charge in [-0.25, -0.2) is 8.42 Å². The highest BCUT2D eigenvalue weighted by atomic mass is 32.2. The number of rotatable bonds is 4. The summed E-state index contributed by atoms with van der Waals surface area (Å²) in [5.74, 6) is 0.321. The maximum atomic E-state index is 11.9. The third-order valence-corrected chi connectivity index (χ3v) is 5.87. The molecule has 0 unspecified atom stereocenters. The molecule has 7 nitrogen and oxygen atoms in total. The summed E-state index contributed by atoms with van der Waals surface area (Å²) in [6.07, 6.45) is 1.19. The maximum Gasteiger partial charge on any atom is 0.233 e. The summed E-state index contributed by atoms with van der Waals surface area (Å²) in [5.41, 5.74) is 1.62. The lowest BCUT2D eigenvalue weighted by Crippen LogP contribution is -2.50. The molecule has 19 heavy (non-hydrogen) atoms. The zero-order valence-electron chi connectivity index (χ0n) is 10.4. The van der Waals surface area contributed by atoms with Crippen LogP contribution in [0, 0.1) is 0 Å². The Balaban J connectivity index is 1.79. The summed E-state index contributed by atoms with van der Waals surface area (Å²) >= 11 is 2.75. The lowest BCUT2D eigenvalue weighted by Gasteiger charge is -2.33. The third-order valence-electron chi connectivity index (χ3n) is 2.72. The molecule has 1 fully saturated rings. The molecule has 0 aromatic carbocycles. The highest BCUT2D eigenvalue weighted by molar-refractivity contribution is 8.01. The molecule has 0 aliphatic carbocycles. The SMILES string of the molecule is CS(=O)(=O)N1CCN(C(=O)CSc2nncs2)CC1. The first-order valence-corrected chi connectivity index (χ1v) is 9.30. The number of hydrogen-bond acceptors (Lipinski definition) is 7. The summed E-state index contributed by atoms with van der Waals surface area (Å²) < 4.78 is 24.9. The van der Waals surface area contributed by atoms with Crippen LogP contribution in [0.4, 0.5) is 0 Å². The van der Waals surface area contributed by atoms with Gasteiger partial charge >= 0.3 is 0 Å². The van der Waals surface area contributed by atoms with Crippen LogP contribution < -0.4 is 0 Å². The molecule has 0 N–H and O–H groups in total. The molecule has 1 aromatic rings. The number of hydrogen-bond donors (Lipinski definition) is 0. The highest BCUT2D eigenvalue weighted by Crippen LogP contribution is 2.19. The molecule has 1 aliphatic heterocycles. The summed E-state index contributed by atoms with van der Waals surface area (Å²) in [6, 6.07) is 0. The second-order valence-electron chi connectivity index (χ2n) is 4.04. The fourth-order valence-corrected chi connectivity index (χ4v) is 3.93. The van der Waals surface area contributed by atoms with Crippen LogP contribution >= 0.6 is 23.1 Å². The van der Waals surface area contributed by atoms with Crippen LogP contribution in [-0.4, -0.2) is 71.9 Å². The van der Waals surface area contributed by atoms with Crippen molar-refractivity contribution in [1.82, 2.24) is 19.4 Å². The van der Waals surface area contributed by atoms with Crippen molar-refractivity contribution in [2.75, 3.05) is 38.2 Å². The molecule has 0 saturated carbocycles. The predicted molar refractivity (Wildman–Crippen MR) is 73.6 cm³/mol. The van der Waals surface area contributed by atoms with Gasteiger partial charge in [-0.1, -0.05) is 23.1 Å². The van der Waals surface area contributed by atoms with Gasteiger partial charge in [-0.3, -0.25) is 4.79 Å². The molecule has 0 radical (unpaired) electrons. The number of nitrogens with zero attached hydrogens (tertiary/aromatic N) is 4. The number of aromatic nitrogens is 2. The van der Waals surface area contributed by atoms with E-state index in [4.69, 9.17) is 0 Å². The minimum atomic E-state index is -3.15. The van der Waals surface area contributed by atoms with Gasteiger partial charge in [0.05, 0.1) is 12.0 Å². The third kappa shape index (κ3) is 4.13. The van der Waals surface area contributed by atoms with Gasteiger partial charge in [0.25, 0.3) is 0 Å². The van der Waals surface area contributed by atoms with Crippen molar-refractivity contribution in [3.05, 3.63) is 5.51 Å². The first-order valence-electron chi connectivity index (χ1n) is 5.58. The van der Waals surface area contributed by atoms with Crippen LogP contribution in [0.5, 0.6) is 0 Å². The molecular weight excluding hydrogens is 308 g/mol. The number of carbonyl (C=O) groups excluding carboxylic acids is 1. The normalized spacial score (nSPS) is 17.6. The molecule has 1 aliphatic rings. The molecule has 0 spiro atoms. The van der Waals surface area contributed by atoms with E-state index in [9.17, 15) is 13.2 Å². The van der Waals surface area contributed by atoms with E-state index in [1.165, 1.54) is 33.7 Å². The van der Waals surface area contributed by atoms with Crippen LogP contribution in [0.1, 0.15) is 0 Å². The van der Waals surface area contributed by atoms with Crippen molar-refractivity contribution < 1.29 is 13.2 Å². The Morgan fingerprint density at radius 1 is 1.42 bits per heavy atom. The van der Waals surface area contributed by atoms with E-state index in [0.29, 0.717) is 31.9 Å². The zero-order chi connectivity index (χ0) is 13.9. The van der Waals surface area contributed by atoms with Crippen LogP contribution in [0.25, 0.3) is 0 Å². The van der Waals surface area contributed by atoms with E-state index < -0.39 is 10.0 Å². The van der Waals surface area contributed by atoms with Gasteiger partial charge in [-0.15, -0.1) is 10.2 Å². The molecule has 1 aromatic heterocycles. The Labute approximate surface area is 120 Å². The Morgan fingerprint density at radius 2 is 2.11 bits per heavy atom. The maximum absolute atomic E-state index is 11.9. The molecule has 1 saturated heterocycles. The summed E-state index contributed by atoms with van der Waals surface area (Å²) in [6.45, 7) is 1.63. The Hall–Kier alpha value is -0.710. The fourth-order valence-electron chi connectivity index (χ4n) is 1.71. The molecule has 2 rings (SSSR count). The van der Waals surface area contributed by atoms with E-state index in [1.807, 2.05) is 0 Å². The van der Waals surface area contributed by atoms with Crippen molar-refractivity contribution in [3.8, 4) is 0 Å². The smallest absolute Gasteiger partial charge is 0.233 e. The van der Waals surface area contributed by atoms with Gasteiger partial charge in [-0.2, -0.15) is 4.31 Å². The number of carbonyl (C=O) groups is 1. The second kappa shape index (κ2) is 6.16. The average molecular weight is 322 g/mol. The second-order valence-corrected chi connectivity index (χ2v) is 8.07. The predicted octanol–water partition coefficient (Wildman–Crippen LogP) is -0.266. The summed E-state index contributed by atoms with van der Waals surface area (Å²) in [7, 11) is -3.15. The van der Waals surface area contributed by atoms with Gasteiger partial charge < -0.3 is 4.90 Å². The van der Waals surface area contributed by atoms with Crippen molar-refractivity contribution in [2.45, 2.75) is 4.34 Å². The van der Waals surface area contributed by atoms with E-state index in [1.54, 1.807) is 10.4 Å². The van der Waals surface area contributed by atoms with E-state index in [0.717, 1.165) is 4.34 Å². The van der Waals surface area contributed by atoms with Crippen molar-refractivity contribution in [3.63, 3.8) is 0 Å². The van der Waals surface area contributed by atoms with E-state index >= 15 is 0 Å². The van der Waals surface area contributed by atoms with Gasteiger partial charge in [0.1, 0.15) is 5.51 Å². The van der Waals surface area contributed by atoms with Gasteiger partial charge in [0, 0.05) is 26.2 Å². The Kier molecular flexibility index (Phi) is 4.76. The van der Waals surface area contributed by atoms with Gasteiger partial charge in [0.2, 0.25) is 15.9 Å². The lowest BCUT2D eigenvalue weighted by atomic mass is 10.3. The largest absolute Gasteiger partial charge is 0.339 e. The summed E-state index contributed by atoms with van der Waals surface area (Å²) in [5, 5.41) is 7.55. The molecular formula is C9H14N4O3S3. The molecule has 0 bridgehead atoms. The van der Waals surface area contributed by atoms with Gasteiger partial charge in [0.15, 0.2) is 4.34 Å².